The molecule has 0 atom stereocenters. The third-order valence-electron chi connectivity index (χ3n) is 4.85. The van der Waals surface area contributed by atoms with Crippen LogP contribution in [0.1, 0.15) is 53.8 Å². The van der Waals surface area contributed by atoms with Crippen LogP contribution in [0, 0.1) is 0 Å². The van der Waals surface area contributed by atoms with E-state index in [1.165, 1.54) is 29.9 Å². The van der Waals surface area contributed by atoms with Crippen LogP contribution >= 0.6 is 0 Å². The Balaban J connectivity index is 2.33. The number of esters is 2. The molecule has 0 bridgehead atoms. The van der Waals surface area contributed by atoms with E-state index in [9.17, 15) is 24.0 Å². The first-order valence-electron chi connectivity index (χ1n) is 10.5. The van der Waals surface area contributed by atoms with E-state index in [-0.39, 0.29) is 35.7 Å². The summed E-state index contributed by atoms with van der Waals surface area (Å²) in [6.45, 7) is 3.41. The molecule has 0 unspecified atom stereocenters. The number of nitrogens with one attached hydrogen (secondary N) is 1. The maximum absolute atomic E-state index is 13.0. The topological polar surface area (TPSA) is 154 Å². The number of nitrogen functional groups attached to an aromatic ring is 1. The highest BCUT2D eigenvalue weighted by atomic mass is 16.5. The molecule has 178 valence electrons. The number of carbonyl (C=O) groups is 3. The zero-order valence-corrected chi connectivity index (χ0v) is 18.9. The van der Waals surface area contributed by atoms with Gasteiger partial charge in [0.1, 0.15) is 5.82 Å². The fourth-order valence-corrected chi connectivity index (χ4v) is 3.19. The van der Waals surface area contributed by atoms with E-state index >= 15 is 0 Å². The maximum atomic E-state index is 13.0. The fourth-order valence-electron chi connectivity index (χ4n) is 3.19. The Hall–Kier alpha value is -3.89. The summed E-state index contributed by atoms with van der Waals surface area (Å²) >= 11 is 0. The number of hydrogen-bond acceptors (Lipinski definition) is 8. The van der Waals surface area contributed by atoms with Gasteiger partial charge in [-0.3, -0.25) is 19.1 Å². The van der Waals surface area contributed by atoms with Crippen LogP contribution in [0.15, 0.2) is 33.9 Å². The van der Waals surface area contributed by atoms with Crippen LogP contribution in [0.2, 0.25) is 0 Å². The van der Waals surface area contributed by atoms with E-state index in [4.69, 9.17) is 10.5 Å². The number of amides is 1. The number of methoxy groups -OCH3 is 1. The lowest BCUT2D eigenvalue weighted by Crippen LogP contribution is -2.43. The van der Waals surface area contributed by atoms with Crippen molar-refractivity contribution in [3.63, 3.8) is 0 Å². The number of rotatable bonds is 10. The minimum Gasteiger partial charge on any atom is -0.465 e. The molecule has 33 heavy (non-hydrogen) atoms. The van der Waals surface area contributed by atoms with Crippen LogP contribution in [0.25, 0.3) is 0 Å². The van der Waals surface area contributed by atoms with Gasteiger partial charge in [-0.15, -0.1) is 0 Å². The number of H-pyrrole nitrogens is 1. The molecule has 0 aliphatic carbocycles. The zero-order valence-electron chi connectivity index (χ0n) is 18.9. The Morgan fingerprint density at radius 1 is 1.06 bits per heavy atom. The number of unbranched alkanes of at least 4 members (excludes halogenated alkanes) is 1. The molecule has 2 aromatic rings. The minimum atomic E-state index is -0.905. The normalized spacial score (nSPS) is 10.5. The average Bonchev–Trinajstić information content (AvgIpc) is 2.81. The number of nitrogens with zero attached hydrogens (tertiary/aromatic N) is 2. The fraction of sp³-hybridized carbons (Fsp3) is 0.409. The smallest absolute Gasteiger partial charge is 0.339 e. The van der Waals surface area contributed by atoms with Crippen molar-refractivity contribution in [3.05, 3.63) is 56.2 Å². The molecule has 0 radical (unpaired) electrons. The van der Waals surface area contributed by atoms with E-state index < -0.39 is 35.7 Å². The van der Waals surface area contributed by atoms with Crippen molar-refractivity contribution in [1.82, 2.24) is 9.55 Å². The predicted molar refractivity (Wildman–Crippen MR) is 121 cm³/mol. The molecule has 0 saturated carbocycles. The van der Waals surface area contributed by atoms with E-state index in [0.717, 1.165) is 4.90 Å². The van der Waals surface area contributed by atoms with E-state index in [2.05, 4.69) is 9.72 Å². The molecule has 0 aliphatic rings. The lowest BCUT2D eigenvalue weighted by atomic mass is 10.1. The molecule has 11 nitrogen and oxygen atoms in total. The summed E-state index contributed by atoms with van der Waals surface area (Å²) in [4.78, 5) is 65.4. The van der Waals surface area contributed by atoms with Gasteiger partial charge >= 0.3 is 17.6 Å². The summed E-state index contributed by atoms with van der Waals surface area (Å²) < 4.78 is 11.0. The molecule has 0 saturated heterocycles. The molecule has 1 aromatic heterocycles. The van der Waals surface area contributed by atoms with Crippen molar-refractivity contribution in [1.29, 1.82) is 0 Å². The number of nitrogens with two attached hydrogens (primary N) is 1. The number of aromatic amines is 1. The standard InChI is InChI=1S/C22H28N4O7/c1-4-6-12-25(17-18(23)26(11-5-2)22(31)24-19(17)28)16(27)13-33-21(30)15-10-8-7-9-14(15)20(29)32-3/h7-10H,4-6,11-13,23H2,1-3H3,(H,24,28,31). The number of carbonyl (C=O) groups excluding carboxylic acids is 3. The van der Waals surface area contributed by atoms with Crippen molar-refractivity contribution in [2.75, 3.05) is 30.9 Å². The SMILES string of the molecule is CCCCN(C(=O)COC(=O)c1ccccc1C(=O)OC)c1c(N)n(CCC)c(=O)[nH]c1=O. The molecule has 2 rings (SSSR count). The summed E-state index contributed by atoms with van der Waals surface area (Å²) in [5, 5.41) is 0. The molecule has 1 aromatic carbocycles. The highest BCUT2D eigenvalue weighted by molar-refractivity contribution is 6.04. The van der Waals surface area contributed by atoms with Gasteiger partial charge in [-0.05, 0) is 25.0 Å². The Bertz CT molecular complexity index is 1140. The first kappa shape index (κ1) is 25.4. The summed E-state index contributed by atoms with van der Waals surface area (Å²) in [6, 6.07) is 5.86. The van der Waals surface area contributed by atoms with Crippen molar-refractivity contribution in [2.24, 2.45) is 0 Å². The Kier molecular flexibility index (Phi) is 8.96. The lowest BCUT2D eigenvalue weighted by Gasteiger charge is -2.24. The molecule has 0 spiro atoms. The van der Waals surface area contributed by atoms with Crippen LogP contribution in [0.4, 0.5) is 11.5 Å². The van der Waals surface area contributed by atoms with Gasteiger partial charge in [0.2, 0.25) is 0 Å². The quantitative estimate of drug-likeness (QED) is 0.503. The Morgan fingerprint density at radius 2 is 1.70 bits per heavy atom. The van der Waals surface area contributed by atoms with E-state index in [0.29, 0.717) is 19.3 Å². The molecule has 11 heteroatoms. The minimum absolute atomic E-state index is 0.00683. The Morgan fingerprint density at radius 3 is 2.27 bits per heavy atom. The van der Waals surface area contributed by atoms with E-state index in [1.54, 1.807) is 6.07 Å². The van der Waals surface area contributed by atoms with Crippen LogP contribution in [0.3, 0.4) is 0 Å². The van der Waals surface area contributed by atoms with Crippen LogP contribution in [-0.2, 0) is 20.8 Å². The number of ether oxygens (including phenoxy) is 2. The maximum Gasteiger partial charge on any atom is 0.339 e. The second-order valence-electron chi connectivity index (χ2n) is 7.16. The van der Waals surface area contributed by atoms with Gasteiger partial charge in [0.05, 0.1) is 18.2 Å². The van der Waals surface area contributed by atoms with Crippen molar-refractivity contribution in [2.45, 2.75) is 39.7 Å². The summed E-state index contributed by atoms with van der Waals surface area (Å²) in [6.07, 6.45) is 1.83. The summed E-state index contributed by atoms with van der Waals surface area (Å²) in [7, 11) is 1.18. The molecule has 0 fully saturated rings. The van der Waals surface area contributed by atoms with Crippen LogP contribution in [-0.4, -0.2) is 47.7 Å². The molecule has 3 N–H and O–H groups in total. The molecular weight excluding hydrogens is 432 g/mol. The molecule has 1 amide bonds. The van der Waals surface area contributed by atoms with Crippen molar-refractivity contribution in [3.8, 4) is 0 Å². The van der Waals surface area contributed by atoms with Gasteiger partial charge in [0, 0.05) is 13.1 Å². The number of benzene rings is 1. The third-order valence-corrected chi connectivity index (χ3v) is 4.85. The lowest BCUT2D eigenvalue weighted by molar-refractivity contribution is -0.121. The first-order chi connectivity index (χ1) is 15.8. The van der Waals surface area contributed by atoms with E-state index in [1.807, 2.05) is 13.8 Å². The Labute approximate surface area is 190 Å². The second kappa shape index (κ2) is 11.7. The zero-order chi connectivity index (χ0) is 24.5. The third kappa shape index (κ3) is 5.88. The summed E-state index contributed by atoms with van der Waals surface area (Å²) in [5.41, 5.74) is 4.36. The highest BCUT2D eigenvalue weighted by Crippen LogP contribution is 2.19. The summed E-state index contributed by atoms with van der Waals surface area (Å²) in [5.74, 6) is -2.47. The van der Waals surface area contributed by atoms with Gasteiger partial charge in [0.25, 0.3) is 11.5 Å². The molecule has 1 heterocycles. The van der Waals surface area contributed by atoms with Gasteiger partial charge in [-0.25, -0.2) is 14.4 Å². The van der Waals surface area contributed by atoms with Crippen LogP contribution < -0.4 is 21.9 Å². The number of aromatic nitrogens is 2. The average molecular weight is 460 g/mol. The monoisotopic (exact) mass is 460 g/mol. The second-order valence-corrected chi connectivity index (χ2v) is 7.16. The van der Waals surface area contributed by atoms with Crippen molar-refractivity contribution < 1.29 is 23.9 Å². The number of anilines is 2. The van der Waals surface area contributed by atoms with Crippen molar-refractivity contribution >= 4 is 29.4 Å². The van der Waals surface area contributed by atoms with Gasteiger partial charge in [-0.2, -0.15) is 0 Å². The van der Waals surface area contributed by atoms with Gasteiger partial charge in [-0.1, -0.05) is 32.4 Å². The van der Waals surface area contributed by atoms with Gasteiger partial charge in [0.15, 0.2) is 12.3 Å². The molecular formula is C22H28N4O7. The number of hydrogen-bond donors (Lipinski definition) is 2. The van der Waals surface area contributed by atoms with Crippen LogP contribution in [0.5, 0.6) is 0 Å². The molecule has 0 aliphatic heterocycles. The highest BCUT2D eigenvalue weighted by Gasteiger charge is 2.26. The first-order valence-corrected chi connectivity index (χ1v) is 10.5. The largest absolute Gasteiger partial charge is 0.465 e. The predicted octanol–water partition coefficient (Wildman–Crippen LogP) is 1.31. The van der Waals surface area contributed by atoms with Gasteiger partial charge < -0.3 is 20.1 Å².